The highest BCUT2D eigenvalue weighted by Crippen LogP contribution is 1.61. The van der Waals surface area contributed by atoms with E-state index in [9.17, 15) is 0 Å². The molecular formula is C3H9N7S. The van der Waals surface area contributed by atoms with Crippen molar-refractivity contribution in [1.29, 1.82) is 0 Å². The normalized spacial score (nSPS) is 9.09. The zero-order valence-corrected chi connectivity index (χ0v) is 6.43. The molecular weight excluding hydrogens is 166 g/mol. The van der Waals surface area contributed by atoms with Gasteiger partial charge in [-0.25, -0.2) is 0 Å². The molecule has 8 heteroatoms. The molecule has 0 amide bonds. The minimum atomic E-state index is -0.127. The van der Waals surface area contributed by atoms with Gasteiger partial charge in [0.25, 0.3) is 0 Å². The van der Waals surface area contributed by atoms with Crippen molar-refractivity contribution in [3.05, 3.63) is 0 Å². The van der Waals surface area contributed by atoms with Crippen LogP contribution >= 0.6 is 12.2 Å². The highest BCUT2D eigenvalue weighted by atomic mass is 32.1. The summed E-state index contributed by atoms with van der Waals surface area (Å²) in [6.07, 6.45) is 1.19. The Morgan fingerprint density at radius 1 is 1.36 bits per heavy atom. The third-order valence-electron chi connectivity index (χ3n) is 0.491. The van der Waals surface area contributed by atoms with E-state index in [0.717, 1.165) is 0 Å². The van der Waals surface area contributed by atoms with Crippen LogP contribution in [0.1, 0.15) is 0 Å². The van der Waals surface area contributed by atoms with E-state index in [0.29, 0.717) is 0 Å². The third kappa shape index (κ3) is 8.43. The first-order valence-corrected chi connectivity index (χ1v) is 2.95. The fourth-order valence-electron chi connectivity index (χ4n) is 0.228. The maximum absolute atomic E-state index is 5.05. The summed E-state index contributed by atoms with van der Waals surface area (Å²) in [7, 11) is 0. The third-order valence-corrected chi connectivity index (χ3v) is 0.593. The first-order valence-electron chi connectivity index (χ1n) is 2.54. The zero-order valence-electron chi connectivity index (χ0n) is 5.61. The number of hydrogen-bond donors (Lipinski definition) is 5. The molecule has 7 nitrogen and oxygen atoms in total. The molecule has 0 heterocycles. The van der Waals surface area contributed by atoms with Crippen molar-refractivity contribution in [1.82, 2.24) is 10.9 Å². The van der Waals surface area contributed by atoms with E-state index in [1.165, 1.54) is 6.34 Å². The predicted molar refractivity (Wildman–Crippen MR) is 47.4 cm³/mol. The van der Waals surface area contributed by atoms with E-state index in [-0.39, 0.29) is 11.1 Å². The van der Waals surface area contributed by atoms with Crippen LogP contribution in [-0.2, 0) is 0 Å². The molecule has 11 heavy (non-hydrogen) atoms. The summed E-state index contributed by atoms with van der Waals surface area (Å²) < 4.78 is 0. The second-order valence-corrected chi connectivity index (χ2v) is 1.84. The first kappa shape index (κ1) is 9.43. The summed E-state index contributed by atoms with van der Waals surface area (Å²) in [5, 5.41) is 6.74. The molecule has 0 atom stereocenters. The van der Waals surface area contributed by atoms with E-state index in [1.807, 2.05) is 0 Å². The molecule has 0 fully saturated rings. The Bertz CT molecular complexity index is 180. The van der Waals surface area contributed by atoms with Crippen LogP contribution in [-0.4, -0.2) is 17.4 Å². The van der Waals surface area contributed by atoms with E-state index in [2.05, 4.69) is 33.3 Å². The molecule has 0 aromatic carbocycles. The molecule has 0 aliphatic carbocycles. The number of guanidine groups is 1. The Labute approximate surface area is 68.7 Å². The molecule has 0 aliphatic heterocycles. The average Bonchev–Trinajstić information content (AvgIpc) is 1.85. The van der Waals surface area contributed by atoms with Gasteiger partial charge in [-0.15, -0.1) is 10.2 Å². The molecule has 62 valence electrons. The van der Waals surface area contributed by atoms with Gasteiger partial charge >= 0.3 is 0 Å². The smallest absolute Gasteiger partial charge is 0.211 e. The van der Waals surface area contributed by atoms with Crippen LogP contribution in [0.4, 0.5) is 0 Å². The zero-order chi connectivity index (χ0) is 8.69. The van der Waals surface area contributed by atoms with Gasteiger partial charge in [-0.1, -0.05) is 0 Å². The van der Waals surface area contributed by atoms with Crippen molar-refractivity contribution >= 4 is 29.6 Å². The SMILES string of the molecule is NC(=S)NNC=NN=C(N)N. The summed E-state index contributed by atoms with van der Waals surface area (Å²) >= 11 is 4.45. The van der Waals surface area contributed by atoms with Gasteiger partial charge in [0.05, 0.1) is 0 Å². The number of hydrogen-bond acceptors (Lipinski definition) is 3. The van der Waals surface area contributed by atoms with Gasteiger partial charge < -0.3 is 17.2 Å². The Kier molecular flexibility index (Phi) is 4.49. The minimum Gasteiger partial charge on any atom is -0.375 e. The summed E-state index contributed by atoms with van der Waals surface area (Å²) in [6.45, 7) is 0. The summed E-state index contributed by atoms with van der Waals surface area (Å²) in [4.78, 5) is 0. The Balaban J connectivity index is 3.46. The minimum absolute atomic E-state index is 0.0983. The van der Waals surface area contributed by atoms with Gasteiger partial charge in [0.2, 0.25) is 5.96 Å². The van der Waals surface area contributed by atoms with Crippen LogP contribution in [0, 0.1) is 0 Å². The maximum atomic E-state index is 5.05. The lowest BCUT2D eigenvalue weighted by atomic mass is 11.1. The Hall–Kier alpha value is -1.57. The van der Waals surface area contributed by atoms with E-state index < -0.39 is 0 Å². The van der Waals surface area contributed by atoms with Crippen LogP contribution in [0.25, 0.3) is 0 Å². The van der Waals surface area contributed by atoms with Crippen molar-refractivity contribution in [2.75, 3.05) is 0 Å². The lowest BCUT2D eigenvalue weighted by Crippen LogP contribution is -2.39. The standard InChI is InChI=1S/C3H9N7S/c4-2(5)9-7-1-8-10-3(6)11/h1H,(H,7,8)(H4,4,5,9)(H3,6,10,11). The first-order chi connectivity index (χ1) is 5.13. The fraction of sp³-hybridized carbons (Fsp3) is 0. The van der Waals surface area contributed by atoms with E-state index in [4.69, 9.17) is 17.2 Å². The highest BCUT2D eigenvalue weighted by Gasteiger charge is 1.77. The van der Waals surface area contributed by atoms with Gasteiger partial charge in [-0.3, -0.25) is 10.9 Å². The number of nitrogens with one attached hydrogen (secondary N) is 2. The number of thiocarbonyl (C=S) groups is 1. The van der Waals surface area contributed by atoms with Crippen molar-refractivity contribution < 1.29 is 0 Å². The van der Waals surface area contributed by atoms with Crippen LogP contribution in [0.5, 0.6) is 0 Å². The van der Waals surface area contributed by atoms with Crippen molar-refractivity contribution in [2.24, 2.45) is 27.4 Å². The molecule has 0 aliphatic rings. The topological polar surface area (TPSA) is 127 Å². The summed E-state index contributed by atoms with van der Waals surface area (Å²) in [5.74, 6) is -0.127. The molecule has 0 unspecified atom stereocenters. The molecule has 0 aromatic heterocycles. The summed E-state index contributed by atoms with van der Waals surface area (Å²) in [5.41, 5.74) is 19.7. The molecule has 0 radical (unpaired) electrons. The molecule has 0 saturated carbocycles. The Morgan fingerprint density at radius 3 is 2.45 bits per heavy atom. The lowest BCUT2D eigenvalue weighted by Gasteiger charge is -1.98. The fourth-order valence-corrected chi connectivity index (χ4v) is 0.287. The number of nitrogens with two attached hydrogens (primary N) is 3. The molecule has 0 spiro atoms. The van der Waals surface area contributed by atoms with Crippen molar-refractivity contribution in [2.45, 2.75) is 0 Å². The molecule has 0 saturated heterocycles. The van der Waals surface area contributed by atoms with Gasteiger partial charge in [-0.05, 0) is 12.2 Å². The largest absolute Gasteiger partial charge is 0.375 e. The monoisotopic (exact) mass is 175 g/mol. The Morgan fingerprint density at radius 2 is 2.00 bits per heavy atom. The van der Waals surface area contributed by atoms with Crippen LogP contribution in [0.15, 0.2) is 10.2 Å². The van der Waals surface area contributed by atoms with Gasteiger partial charge in [0, 0.05) is 0 Å². The molecule has 8 N–H and O–H groups in total. The highest BCUT2D eigenvalue weighted by molar-refractivity contribution is 7.80. The average molecular weight is 175 g/mol. The van der Waals surface area contributed by atoms with Crippen LogP contribution in [0.2, 0.25) is 0 Å². The van der Waals surface area contributed by atoms with Gasteiger partial charge in [0.1, 0.15) is 6.34 Å². The van der Waals surface area contributed by atoms with Crippen molar-refractivity contribution in [3.63, 3.8) is 0 Å². The predicted octanol–water partition coefficient (Wildman–Crippen LogP) is -2.46. The maximum Gasteiger partial charge on any atom is 0.211 e. The lowest BCUT2D eigenvalue weighted by molar-refractivity contribution is 0.881. The van der Waals surface area contributed by atoms with E-state index >= 15 is 0 Å². The second-order valence-electron chi connectivity index (χ2n) is 1.40. The molecule has 0 bridgehead atoms. The molecule has 0 aromatic rings. The molecule has 0 rings (SSSR count). The van der Waals surface area contributed by atoms with Crippen LogP contribution < -0.4 is 28.1 Å². The van der Waals surface area contributed by atoms with Gasteiger partial charge in [-0.2, -0.15) is 0 Å². The second kappa shape index (κ2) is 5.23. The number of rotatable bonds is 3. The number of hydrazine groups is 1. The number of nitrogens with zero attached hydrogens (tertiary/aromatic N) is 2. The quantitative estimate of drug-likeness (QED) is 0.140. The van der Waals surface area contributed by atoms with Gasteiger partial charge in [0.15, 0.2) is 5.11 Å². The summed E-state index contributed by atoms with van der Waals surface area (Å²) in [6, 6.07) is 0. The van der Waals surface area contributed by atoms with Crippen molar-refractivity contribution in [3.8, 4) is 0 Å². The van der Waals surface area contributed by atoms with Crippen LogP contribution in [0.3, 0.4) is 0 Å². The van der Waals surface area contributed by atoms with E-state index in [1.54, 1.807) is 0 Å².